The van der Waals surface area contributed by atoms with Gasteiger partial charge in [0.05, 0.1) is 17.1 Å². The lowest BCUT2D eigenvalue weighted by Gasteiger charge is -2.23. The Morgan fingerprint density at radius 3 is 2.45 bits per heavy atom. The Bertz CT molecular complexity index is 521. The molecule has 0 saturated carbocycles. The molecule has 0 aliphatic rings. The van der Waals surface area contributed by atoms with Crippen molar-refractivity contribution in [3.63, 3.8) is 0 Å². The predicted octanol–water partition coefficient (Wildman–Crippen LogP) is 3.01. The number of thioether (sulfide) groups is 2. The molecule has 0 radical (unpaired) electrons. The third kappa shape index (κ3) is 3.89. The van der Waals surface area contributed by atoms with Crippen molar-refractivity contribution >= 4 is 57.1 Å². The SMILES string of the molecule is COC(=O)c1cnc(NC(=O)C(C)(SC)SC)c(Br)c1. The summed E-state index contributed by atoms with van der Waals surface area (Å²) in [6.07, 6.45) is 5.11. The molecule has 1 rings (SSSR count). The van der Waals surface area contributed by atoms with Gasteiger partial charge in [-0.25, -0.2) is 9.78 Å². The third-order valence-corrected chi connectivity index (χ3v) is 6.22. The Morgan fingerprint density at radius 2 is 2.00 bits per heavy atom. The number of carbonyl (C=O) groups excluding carboxylic acids is 2. The fourth-order valence-electron chi connectivity index (χ4n) is 1.25. The smallest absolute Gasteiger partial charge is 0.339 e. The van der Waals surface area contributed by atoms with Gasteiger partial charge in [0, 0.05) is 6.20 Å². The molecule has 0 aliphatic carbocycles. The topological polar surface area (TPSA) is 68.3 Å². The van der Waals surface area contributed by atoms with Crippen molar-refractivity contribution in [3.8, 4) is 0 Å². The molecular weight excluding hydrogens is 364 g/mol. The third-order valence-electron chi connectivity index (χ3n) is 2.69. The Morgan fingerprint density at radius 1 is 1.40 bits per heavy atom. The van der Waals surface area contributed by atoms with Crippen LogP contribution in [0.3, 0.4) is 0 Å². The van der Waals surface area contributed by atoms with Crippen LogP contribution in [0.25, 0.3) is 0 Å². The molecular formula is C12H15BrN2O3S2. The lowest BCUT2D eigenvalue weighted by molar-refractivity contribution is -0.116. The van der Waals surface area contributed by atoms with E-state index in [-0.39, 0.29) is 5.91 Å². The largest absolute Gasteiger partial charge is 0.465 e. The number of methoxy groups -OCH3 is 1. The quantitative estimate of drug-likeness (QED) is 0.627. The summed E-state index contributed by atoms with van der Waals surface area (Å²) < 4.78 is 4.54. The van der Waals surface area contributed by atoms with Gasteiger partial charge in [0.1, 0.15) is 9.90 Å². The van der Waals surface area contributed by atoms with Crippen LogP contribution in [0.2, 0.25) is 0 Å². The Kier molecular flexibility index (Phi) is 6.35. The van der Waals surface area contributed by atoms with Crippen molar-refractivity contribution in [1.82, 2.24) is 4.98 Å². The number of nitrogens with zero attached hydrogens (tertiary/aromatic N) is 1. The zero-order chi connectivity index (χ0) is 15.3. The summed E-state index contributed by atoms with van der Waals surface area (Å²) in [6, 6.07) is 1.56. The second kappa shape index (κ2) is 7.33. The van der Waals surface area contributed by atoms with Crippen LogP contribution in [0, 0.1) is 0 Å². The molecule has 0 aromatic carbocycles. The van der Waals surface area contributed by atoms with Crippen LogP contribution >= 0.6 is 39.5 Å². The second-order valence-electron chi connectivity index (χ2n) is 3.85. The number of amides is 1. The van der Waals surface area contributed by atoms with Crippen LogP contribution in [0.15, 0.2) is 16.7 Å². The number of hydrogen-bond donors (Lipinski definition) is 1. The summed E-state index contributed by atoms with van der Waals surface area (Å²) in [6.45, 7) is 1.84. The van der Waals surface area contributed by atoms with Crippen LogP contribution < -0.4 is 5.32 Å². The van der Waals surface area contributed by atoms with Crippen molar-refractivity contribution < 1.29 is 14.3 Å². The second-order valence-corrected chi connectivity index (χ2v) is 7.42. The normalized spacial score (nSPS) is 11.1. The molecule has 0 unspecified atom stereocenters. The Labute approximate surface area is 134 Å². The molecule has 0 saturated heterocycles. The molecule has 20 heavy (non-hydrogen) atoms. The molecule has 0 spiro atoms. The maximum Gasteiger partial charge on any atom is 0.339 e. The summed E-state index contributed by atoms with van der Waals surface area (Å²) in [4.78, 5) is 27.7. The van der Waals surface area contributed by atoms with Gasteiger partial charge >= 0.3 is 5.97 Å². The van der Waals surface area contributed by atoms with E-state index in [1.165, 1.54) is 36.8 Å². The predicted molar refractivity (Wildman–Crippen MR) is 87.3 cm³/mol. The highest BCUT2D eigenvalue weighted by Crippen LogP contribution is 2.35. The molecule has 1 amide bonds. The first kappa shape index (κ1) is 17.3. The van der Waals surface area contributed by atoms with Gasteiger partial charge in [-0.15, -0.1) is 23.5 Å². The van der Waals surface area contributed by atoms with Gasteiger partial charge in [0.15, 0.2) is 0 Å². The minimum Gasteiger partial charge on any atom is -0.465 e. The van der Waals surface area contributed by atoms with E-state index in [0.717, 1.165) is 0 Å². The maximum absolute atomic E-state index is 12.2. The van der Waals surface area contributed by atoms with Gasteiger partial charge < -0.3 is 10.1 Å². The maximum atomic E-state index is 12.2. The van der Waals surface area contributed by atoms with E-state index in [4.69, 9.17) is 0 Å². The standard InChI is InChI=1S/C12H15BrN2O3S2/c1-12(19-3,20-4)11(17)15-9-8(13)5-7(6-14-9)10(16)18-2/h5-6H,1-4H3,(H,14,15,17). The zero-order valence-corrected chi connectivity index (χ0v) is 14.7. The number of ether oxygens (including phenoxy) is 1. The average Bonchev–Trinajstić information content (AvgIpc) is 2.47. The highest BCUT2D eigenvalue weighted by Gasteiger charge is 2.32. The molecule has 1 aromatic heterocycles. The van der Waals surface area contributed by atoms with Gasteiger partial charge in [-0.05, 0) is 41.4 Å². The van der Waals surface area contributed by atoms with Crippen molar-refractivity contribution in [2.24, 2.45) is 0 Å². The minimum atomic E-state index is -0.595. The number of carbonyl (C=O) groups is 2. The number of esters is 1. The van der Waals surface area contributed by atoms with Crippen molar-refractivity contribution in [2.45, 2.75) is 11.0 Å². The Balaban J connectivity index is 2.94. The first-order valence-corrected chi connectivity index (χ1v) is 8.77. The summed E-state index contributed by atoms with van der Waals surface area (Å²) in [7, 11) is 1.30. The zero-order valence-electron chi connectivity index (χ0n) is 11.5. The lowest BCUT2D eigenvalue weighted by atomic mass is 10.3. The van der Waals surface area contributed by atoms with Crippen LogP contribution in [-0.4, -0.2) is 40.6 Å². The number of nitrogens with one attached hydrogen (secondary N) is 1. The van der Waals surface area contributed by atoms with Crippen LogP contribution in [0.5, 0.6) is 0 Å². The van der Waals surface area contributed by atoms with Gasteiger partial charge in [-0.1, -0.05) is 0 Å². The van der Waals surface area contributed by atoms with Crippen molar-refractivity contribution in [2.75, 3.05) is 24.9 Å². The number of pyridine rings is 1. The Hall–Kier alpha value is -0.730. The van der Waals surface area contributed by atoms with Gasteiger partial charge in [0.2, 0.25) is 0 Å². The lowest BCUT2D eigenvalue weighted by Crippen LogP contribution is -2.33. The van der Waals surface area contributed by atoms with Gasteiger partial charge in [-0.3, -0.25) is 4.79 Å². The van der Waals surface area contributed by atoms with E-state index in [1.807, 2.05) is 19.4 Å². The van der Waals surface area contributed by atoms with E-state index in [1.54, 1.807) is 6.07 Å². The van der Waals surface area contributed by atoms with E-state index >= 15 is 0 Å². The highest BCUT2D eigenvalue weighted by atomic mass is 79.9. The number of aromatic nitrogens is 1. The molecule has 0 atom stereocenters. The fourth-order valence-corrected chi connectivity index (χ4v) is 2.84. The van der Waals surface area contributed by atoms with E-state index in [2.05, 4.69) is 31.0 Å². The van der Waals surface area contributed by atoms with Crippen molar-refractivity contribution in [3.05, 3.63) is 22.3 Å². The summed E-state index contributed by atoms with van der Waals surface area (Å²) in [5, 5.41) is 2.75. The molecule has 0 fully saturated rings. The molecule has 5 nitrogen and oxygen atoms in total. The van der Waals surface area contributed by atoms with Crippen molar-refractivity contribution in [1.29, 1.82) is 0 Å². The first-order valence-electron chi connectivity index (χ1n) is 5.53. The average molecular weight is 379 g/mol. The van der Waals surface area contributed by atoms with Crippen LogP contribution in [0.1, 0.15) is 17.3 Å². The number of hydrogen-bond acceptors (Lipinski definition) is 6. The molecule has 1 N–H and O–H groups in total. The number of halogens is 1. The highest BCUT2D eigenvalue weighted by molar-refractivity contribution is 9.10. The van der Waals surface area contributed by atoms with Crippen LogP contribution in [0.4, 0.5) is 5.82 Å². The fraction of sp³-hybridized carbons (Fsp3) is 0.417. The summed E-state index contributed by atoms with van der Waals surface area (Å²) in [5.74, 6) is -0.261. The van der Waals surface area contributed by atoms with E-state index in [0.29, 0.717) is 15.9 Å². The molecule has 8 heteroatoms. The first-order chi connectivity index (χ1) is 9.37. The number of rotatable bonds is 5. The molecule has 0 bridgehead atoms. The molecule has 1 aromatic rings. The van der Waals surface area contributed by atoms with Crippen LogP contribution in [-0.2, 0) is 9.53 Å². The summed E-state index contributed by atoms with van der Waals surface area (Å²) in [5.41, 5.74) is 0.315. The molecule has 1 heterocycles. The summed E-state index contributed by atoms with van der Waals surface area (Å²) >= 11 is 6.19. The molecule has 0 aliphatic heterocycles. The van der Waals surface area contributed by atoms with E-state index < -0.39 is 10.0 Å². The van der Waals surface area contributed by atoms with Gasteiger partial charge in [0.25, 0.3) is 5.91 Å². The minimum absolute atomic E-state index is 0.156. The molecule has 110 valence electrons. The van der Waals surface area contributed by atoms with E-state index in [9.17, 15) is 9.59 Å². The number of anilines is 1. The van der Waals surface area contributed by atoms with Gasteiger partial charge in [-0.2, -0.15) is 0 Å². The monoisotopic (exact) mass is 378 g/mol.